The standard InChI is InChI=1S/C15H28N2O2/c1-15(2,3)19-14(18)17-10-8-12(7-9-16)13(17)11-5-4-6-11/h11-13H,4-10,16H2,1-3H3. The fraction of sp³-hybridized carbons (Fsp3) is 0.933. The lowest BCUT2D eigenvalue weighted by Crippen LogP contribution is -2.47. The molecule has 1 aliphatic carbocycles. The van der Waals surface area contributed by atoms with Crippen LogP contribution in [0, 0.1) is 11.8 Å². The molecule has 4 heteroatoms. The number of nitrogens with zero attached hydrogens (tertiary/aromatic N) is 1. The van der Waals surface area contributed by atoms with E-state index in [1.165, 1.54) is 19.3 Å². The van der Waals surface area contributed by atoms with Crippen molar-refractivity contribution in [2.24, 2.45) is 17.6 Å². The molecule has 1 saturated carbocycles. The van der Waals surface area contributed by atoms with E-state index < -0.39 is 5.60 Å². The molecule has 0 aromatic carbocycles. The number of carbonyl (C=O) groups is 1. The number of hydrogen-bond acceptors (Lipinski definition) is 3. The highest BCUT2D eigenvalue weighted by atomic mass is 16.6. The summed E-state index contributed by atoms with van der Waals surface area (Å²) in [6.45, 7) is 7.33. The Morgan fingerprint density at radius 2 is 2.00 bits per heavy atom. The maximum atomic E-state index is 12.3. The second-order valence-corrected chi connectivity index (χ2v) is 6.98. The van der Waals surface area contributed by atoms with Crippen molar-refractivity contribution in [3.05, 3.63) is 0 Å². The Bertz CT molecular complexity index is 321. The highest BCUT2D eigenvalue weighted by Gasteiger charge is 2.44. The number of carbonyl (C=O) groups excluding carboxylic acids is 1. The summed E-state index contributed by atoms with van der Waals surface area (Å²) in [5, 5.41) is 0. The van der Waals surface area contributed by atoms with E-state index in [0.29, 0.717) is 17.9 Å². The van der Waals surface area contributed by atoms with Crippen LogP contribution in [-0.2, 0) is 4.74 Å². The minimum atomic E-state index is -0.410. The molecule has 0 radical (unpaired) electrons. The molecular weight excluding hydrogens is 240 g/mol. The Morgan fingerprint density at radius 1 is 1.32 bits per heavy atom. The summed E-state index contributed by atoms with van der Waals surface area (Å²) in [7, 11) is 0. The van der Waals surface area contributed by atoms with Crippen LogP contribution in [0.5, 0.6) is 0 Å². The smallest absolute Gasteiger partial charge is 0.410 e. The number of likely N-dealkylation sites (tertiary alicyclic amines) is 1. The lowest BCUT2D eigenvalue weighted by Gasteiger charge is -2.40. The monoisotopic (exact) mass is 268 g/mol. The number of rotatable bonds is 3. The highest BCUT2D eigenvalue weighted by molar-refractivity contribution is 5.69. The average Bonchev–Trinajstić information content (AvgIpc) is 2.58. The molecule has 1 aliphatic heterocycles. The zero-order chi connectivity index (χ0) is 14.0. The number of nitrogens with two attached hydrogens (primary N) is 1. The molecule has 2 N–H and O–H groups in total. The van der Waals surface area contributed by atoms with Crippen molar-refractivity contribution >= 4 is 6.09 Å². The van der Waals surface area contributed by atoms with E-state index >= 15 is 0 Å². The maximum Gasteiger partial charge on any atom is 0.410 e. The fourth-order valence-electron chi connectivity index (χ4n) is 3.36. The molecule has 2 fully saturated rings. The third kappa shape index (κ3) is 3.41. The van der Waals surface area contributed by atoms with Gasteiger partial charge in [-0.15, -0.1) is 0 Å². The summed E-state index contributed by atoms with van der Waals surface area (Å²) in [6.07, 6.45) is 5.79. The first-order chi connectivity index (χ1) is 8.92. The maximum absolute atomic E-state index is 12.3. The first kappa shape index (κ1) is 14.6. The highest BCUT2D eigenvalue weighted by Crippen LogP contribution is 2.41. The molecule has 2 aliphatic rings. The Labute approximate surface area is 116 Å². The zero-order valence-electron chi connectivity index (χ0n) is 12.5. The van der Waals surface area contributed by atoms with Crippen LogP contribution < -0.4 is 5.73 Å². The quantitative estimate of drug-likeness (QED) is 0.856. The lowest BCUT2D eigenvalue weighted by molar-refractivity contribution is 0.00838. The van der Waals surface area contributed by atoms with Gasteiger partial charge in [-0.25, -0.2) is 4.79 Å². The molecule has 19 heavy (non-hydrogen) atoms. The zero-order valence-corrected chi connectivity index (χ0v) is 12.5. The minimum absolute atomic E-state index is 0.135. The van der Waals surface area contributed by atoms with Crippen LogP contribution in [0.4, 0.5) is 4.79 Å². The molecule has 1 amide bonds. The fourth-order valence-corrected chi connectivity index (χ4v) is 3.36. The van der Waals surface area contributed by atoms with Gasteiger partial charge in [-0.1, -0.05) is 6.42 Å². The van der Waals surface area contributed by atoms with Gasteiger partial charge in [0.2, 0.25) is 0 Å². The summed E-state index contributed by atoms with van der Waals surface area (Å²) in [6, 6.07) is 0.368. The van der Waals surface area contributed by atoms with E-state index in [2.05, 4.69) is 0 Å². The summed E-state index contributed by atoms with van der Waals surface area (Å²) in [5.74, 6) is 1.24. The third-order valence-electron chi connectivity index (χ3n) is 4.38. The van der Waals surface area contributed by atoms with Crippen LogP contribution in [0.3, 0.4) is 0 Å². The van der Waals surface area contributed by atoms with E-state index in [4.69, 9.17) is 10.5 Å². The van der Waals surface area contributed by atoms with Crippen molar-refractivity contribution < 1.29 is 9.53 Å². The van der Waals surface area contributed by atoms with Gasteiger partial charge in [-0.2, -0.15) is 0 Å². The van der Waals surface area contributed by atoms with Crippen molar-refractivity contribution in [2.75, 3.05) is 13.1 Å². The molecule has 2 atom stereocenters. The normalized spacial score (nSPS) is 28.3. The van der Waals surface area contributed by atoms with Crippen LogP contribution in [0.25, 0.3) is 0 Å². The molecule has 0 aromatic heterocycles. The topological polar surface area (TPSA) is 55.6 Å². The van der Waals surface area contributed by atoms with Crippen molar-refractivity contribution in [1.29, 1.82) is 0 Å². The molecule has 0 spiro atoms. The molecule has 0 aromatic rings. The molecular formula is C15H28N2O2. The average molecular weight is 268 g/mol. The van der Waals surface area contributed by atoms with E-state index in [9.17, 15) is 4.79 Å². The van der Waals surface area contributed by atoms with Crippen molar-refractivity contribution in [3.8, 4) is 0 Å². The van der Waals surface area contributed by atoms with Crippen LogP contribution in [0.2, 0.25) is 0 Å². The largest absolute Gasteiger partial charge is 0.444 e. The van der Waals surface area contributed by atoms with Gasteiger partial charge in [-0.05, 0) is 64.8 Å². The molecule has 4 nitrogen and oxygen atoms in total. The first-order valence-electron chi connectivity index (χ1n) is 7.62. The summed E-state index contributed by atoms with van der Waals surface area (Å²) < 4.78 is 5.55. The van der Waals surface area contributed by atoms with Crippen molar-refractivity contribution in [1.82, 2.24) is 4.90 Å². The predicted molar refractivity (Wildman–Crippen MR) is 75.8 cm³/mol. The van der Waals surface area contributed by atoms with Gasteiger partial charge < -0.3 is 15.4 Å². The van der Waals surface area contributed by atoms with E-state index in [0.717, 1.165) is 25.9 Å². The Balaban J connectivity index is 2.03. The Hall–Kier alpha value is -0.770. The van der Waals surface area contributed by atoms with E-state index in [-0.39, 0.29) is 6.09 Å². The van der Waals surface area contributed by atoms with Gasteiger partial charge in [0, 0.05) is 12.6 Å². The molecule has 2 unspecified atom stereocenters. The Kier molecular flexibility index (Phi) is 4.39. The molecule has 110 valence electrons. The van der Waals surface area contributed by atoms with E-state index in [1.807, 2.05) is 25.7 Å². The predicted octanol–water partition coefficient (Wildman–Crippen LogP) is 2.76. The van der Waals surface area contributed by atoms with Crippen LogP contribution >= 0.6 is 0 Å². The summed E-state index contributed by atoms with van der Waals surface area (Å²) in [5.41, 5.74) is 5.31. The second-order valence-electron chi connectivity index (χ2n) is 6.98. The molecule has 2 rings (SSSR count). The first-order valence-corrected chi connectivity index (χ1v) is 7.62. The molecule has 0 bridgehead atoms. The number of ether oxygens (including phenoxy) is 1. The van der Waals surface area contributed by atoms with Gasteiger partial charge in [0.1, 0.15) is 5.60 Å². The van der Waals surface area contributed by atoms with Crippen LogP contribution in [-0.4, -0.2) is 35.7 Å². The molecule has 1 saturated heterocycles. The van der Waals surface area contributed by atoms with Crippen molar-refractivity contribution in [2.45, 2.75) is 64.5 Å². The van der Waals surface area contributed by atoms with Crippen molar-refractivity contribution in [3.63, 3.8) is 0 Å². The third-order valence-corrected chi connectivity index (χ3v) is 4.38. The van der Waals surface area contributed by atoms with Gasteiger partial charge in [-0.3, -0.25) is 0 Å². The molecule has 1 heterocycles. The van der Waals surface area contributed by atoms with Crippen LogP contribution in [0.1, 0.15) is 52.9 Å². The van der Waals surface area contributed by atoms with Gasteiger partial charge >= 0.3 is 6.09 Å². The lowest BCUT2D eigenvalue weighted by atomic mass is 9.74. The number of amides is 1. The SMILES string of the molecule is CC(C)(C)OC(=O)N1CCC(CCN)C1C1CCC1. The minimum Gasteiger partial charge on any atom is -0.444 e. The van der Waals surface area contributed by atoms with Crippen LogP contribution in [0.15, 0.2) is 0 Å². The summed E-state index contributed by atoms with van der Waals surface area (Å²) >= 11 is 0. The Morgan fingerprint density at radius 3 is 2.47 bits per heavy atom. The van der Waals surface area contributed by atoms with E-state index in [1.54, 1.807) is 0 Å². The van der Waals surface area contributed by atoms with Gasteiger partial charge in [0.15, 0.2) is 0 Å². The van der Waals surface area contributed by atoms with Gasteiger partial charge in [0.05, 0.1) is 0 Å². The number of hydrogen-bond donors (Lipinski definition) is 1. The summed E-state index contributed by atoms with van der Waals surface area (Å²) in [4.78, 5) is 14.3. The second kappa shape index (κ2) is 5.70. The van der Waals surface area contributed by atoms with Gasteiger partial charge in [0.25, 0.3) is 0 Å².